The number of sulfonamides is 1. The molecule has 3 aromatic rings. The van der Waals surface area contributed by atoms with Crippen molar-refractivity contribution in [2.45, 2.75) is 23.8 Å². The van der Waals surface area contributed by atoms with Crippen molar-refractivity contribution in [2.24, 2.45) is 0 Å². The topological polar surface area (TPSA) is 105 Å². The van der Waals surface area contributed by atoms with Gasteiger partial charge in [0.15, 0.2) is 0 Å². The van der Waals surface area contributed by atoms with Crippen molar-refractivity contribution in [3.63, 3.8) is 0 Å². The number of pyridine rings is 1. The smallest absolute Gasteiger partial charge is 0.278 e. The first-order valence-corrected chi connectivity index (χ1v) is 10.8. The Bertz CT molecular complexity index is 1140. The van der Waals surface area contributed by atoms with Crippen molar-refractivity contribution in [1.29, 1.82) is 0 Å². The lowest BCUT2D eigenvalue weighted by Crippen LogP contribution is -2.44. The molecule has 0 amide bonds. The van der Waals surface area contributed by atoms with E-state index in [4.69, 9.17) is 0 Å². The zero-order valence-corrected chi connectivity index (χ0v) is 16.4. The summed E-state index contributed by atoms with van der Waals surface area (Å²) in [5.74, 6) is 0. The van der Waals surface area contributed by atoms with Gasteiger partial charge in [-0.1, -0.05) is 18.2 Å². The zero-order valence-electron chi connectivity index (χ0n) is 15.6. The number of piperidine rings is 1. The highest BCUT2D eigenvalue weighted by atomic mass is 32.2. The van der Waals surface area contributed by atoms with E-state index in [0.717, 1.165) is 5.69 Å². The minimum Gasteiger partial charge on any atom is -0.370 e. The average Bonchev–Trinajstić information content (AvgIpc) is 2.74. The molecule has 9 heteroatoms. The van der Waals surface area contributed by atoms with Gasteiger partial charge in [0.05, 0.1) is 20.9 Å². The molecule has 4 rings (SSSR count). The maximum Gasteiger partial charge on any atom is 0.278 e. The lowest BCUT2D eigenvalue weighted by Gasteiger charge is -2.34. The highest BCUT2D eigenvalue weighted by molar-refractivity contribution is 7.89. The van der Waals surface area contributed by atoms with E-state index in [1.54, 1.807) is 54.7 Å². The Labute approximate surface area is 168 Å². The summed E-state index contributed by atoms with van der Waals surface area (Å²) in [7, 11) is -3.55. The molecule has 0 aliphatic carbocycles. The summed E-state index contributed by atoms with van der Waals surface area (Å²) in [6, 6.07) is 14.8. The van der Waals surface area contributed by atoms with Crippen LogP contribution in [0.5, 0.6) is 0 Å². The number of nitro groups is 1. The summed E-state index contributed by atoms with van der Waals surface area (Å²) in [6.07, 6.45) is 2.89. The highest BCUT2D eigenvalue weighted by Crippen LogP contribution is 2.33. The van der Waals surface area contributed by atoms with Crippen LogP contribution in [0, 0.1) is 10.1 Å². The minimum atomic E-state index is -3.55. The predicted octanol–water partition coefficient (Wildman–Crippen LogP) is 3.09. The van der Waals surface area contributed by atoms with Gasteiger partial charge in [-0.2, -0.15) is 0 Å². The van der Waals surface area contributed by atoms with E-state index in [-0.39, 0.29) is 16.6 Å². The van der Waals surface area contributed by atoms with Crippen LogP contribution in [-0.2, 0) is 10.0 Å². The molecule has 150 valence electrons. The number of nitrogens with one attached hydrogen (secondary N) is 1. The number of fused-ring (bicyclic) bond motifs is 1. The molecule has 2 aromatic carbocycles. The Morgan fingerprint density at radius 2 is 1.76 bits per heavy atom. The number of aromatic nitrogens is 1. The van der Waals surface area contributed by atoms with Gasteiger partial charge in [-0.05, 0) is 43.2 Å². The normalized spacial score (nSPS) is 15.5. The lowest BCUT2D eigenvalue weighted by molar-refractivity contribution is -0.383. The standard InChI is InChI=1S/C20H20N4O4S/c25-24(26)18-8-9-19(20-17(18)7-4-12-21-20)23-13-10-15(11-14-23)22-29(27,28)16-5-2-1-3-6-16/h1-9,12,15,22H,10-11,13-14H2. The predicted molar refractivity (Wildman–Crippen MR) is 110 cm³/mol. The Morgan fingerprint density at radius 3 is 2.45 bits per heavy atom. The van der Waals surface area contributed by atoms with Crippen LogP contribution in [0.25, 0.3) is 10.9 Å². The monoisotopic (exact) mass is 412 g/mol. The molecule has 1 saturated heterocycles. The fourth-order valence-corrected chi connectivity index (χ4v) is 5.01. The van der Waals surface area contributed by atoms with E-state index < -0.39 is 14.9 Å². The van der Waals surface area contributed by atoms with Gasteiger partial charge in [-0.15, -0.1) is 0 Å². The maximum atomic E-state index is 12.5. The molecule has 29 heavy (non-hydrogen) atoms. The van der Waals surface area contributed by atoms with Crippen LogP contribution in [-0.4, -0.2) is 37.5 Å². The van der Waals surface area contributed by atoms with Gasteiger partial charge < -0.3 is 4.90 Å². The van der Waals surface area contributed by atoms with E-state index in [2.05, 4.69) is 14.6 Å². The number of benzene rings is 2. The van der Waals surface area contributed by atoms with Gasteiger partial charge >= 0.3 is 0 Å². The summed E-state index contributed by atoms with van der Waals surface area (Å²) in [4.78, 5) is 17.6. The van der Waals surface area contributed by atoms with Crippen LogP contribution in [0.3, 0.4) is 0 Å². The number of anilines is 1. The molecule has 2 heterocycles. The molecule has 0 saturated carbocycles. The van der Waals surface area contributed by atoms with Crippen LogP contribution in [0.4, 0.5) is 11.4 Å². The second-order valence-electron chi connectivity index (χ2n) is 6.96. The number of rotatable bonds is 5. The van der Waals surface area contributed by atoms with E-state index in [1.807, 2.05) is 0 Å². The Hall–Kier alpha value is -3.04. The second kappa shape index (κ2) is 7.76. The average molecular weight is 412 g/mol. The summed E-state index contributed by atoms with van der Waals surface area (Å²) in [6.45, 7) is 1.26. The van der Waals surface area contributed by atoms with E-state index >= 15 is 0 Å². The molecule has 1 N–H and O–H groups in total. The second-order valence-corrected chi connectivity index (χ2v) is 8.67. The van der Waals surface area contributed by atoms with E-state index in [1.165, 1.54) is 6.07 Å². The van der Waals surface area contributed by atoms with Crippen LogP contribution in [0.2, 0.25) is 0 Å². The van der Waals surface area contributed by atoms with E-state index in [9.17, 15) is 18.5 Å². The van der Waals surface area contributed by atoms with Crippen molar-refractivity contribution in [3.8, 4) is 0 Å². The van der Waals surface area contributed by atoms with Crippen LogP contribution >= 0.6 is 0 Å². The van der Waals surface area contributed by atoms with Crippen LogP contribution in [0.1, 0.15) is 12.8 Å². The van der Waals surface area contributed by atoms with E-state index in [0.29, 0.717) is 36.8 Å². The third kappa shape index (κ3) is 3.92. The number of hydrogen-bond acceptors (Lipinski definition) is 6. The molecule has 1 aliphatic rings. The number of nitro benzene ring substituents is 1. The molecule has 0 unspecified atom stereocenters. The summed E-state index contributed by atoms with van der Waals surface area (Å²) < 4.78 is 27.8. The number of non-ortho nitro benzene ring substituents is 1. The zero-order chi connectivity index (χ0) is 20.4. The van der Waals surface area contributed by atoms with Gasteiger partial charge in [-0.3, -0.25) is 15.1 Å². The Kier molecular flexibility index (Phi) is 5.16. The third-order valence-corrected chi connectivity index (χ3v) is 6.67. The van der Waals surface area contributed by atoms with Crippen LogP contribution < -0.4 is 9.62 Å². The van der Waals surface area contributed by atoms with Crippen molar-refractivity contribution in [1.82, 2.24) is 9.71 Å². The minimum absolute atomic E-state index is 0.0300. The molecule has 0 spiro atoms. The van der Waals surface area contributed by atoms with Gasteiger partial charge in [0.25, 0.3) is 5.69 Å². The van der Waals surface area contributed by atoms with Crippen LogP contribution in [0.15, 0.2) is 65.7 Å². The number of nitrogens with zero attached hydrogens (tertiary/aromatic N) is 3. The van der Waals surface area contributed by atoms with Gasteiger partial charge in [0.2, 0.25) is 10.0 Å². The first kappa shape index (κ1) is 19.3. The molecule has 1 fully saturated rings. The lowest BCUT2D eigenvalue weighted by atomic mass is 10.0. The van der Waals surface area contributed by atoms with Crippen molar-refractivity contribution < 1.29 is 13.3 Å². The Balaban J connectivity index is 1.51. The summed E-state index contributed by atoms with van der Waals surface area (Å²) in [5, 5.41) is 11.8. The van der Waals surface area contributed by atoms with Gasteiger partial charge in [0.1, 0.15) is 5.52 Å². The highest BCUT2D eigenvalue weighted by Gasteiger charge is 2.26. The fraction of sp³-hybridized carbons (Fsp3) is 0.250. The molecule has 1 aliphatic heterocycles. The quantitative estimate of drug-likeness (QED) is 0.510. The largest absolute Gasteiger partial charge is 0.370 e. The SMILES string of the molecule is O=[N+]([O-])c1ccc(N2CCC(NS(=O)(=O)c3ccccc3)CC2)c2ncccc12. The van der Waals surface area contributed by atoms with Crippen molar-refractivity contribution in [3.05, 3.63) is 70.9 Å². The number of hydrogen-bond donors (Lipinski definition) is 1. The molecular formula is C20H20N4O4S. The summed E-state index contributed by atoms with van der Waals surface area (Å²) in [5.41, 5.74) is 1.45. The maximum absolute atomic E-state index is 12.5. The van der Waals surface area contributed by atoms with Gasteiger partial charge in [-0.25, -0.2) is 13.1 Å². The first-order valence-electron chi connectivity index (χ1n) is 9.30. The van der Waals surface area contributed by atoms with Gasteiger partial charge in [0, 0.05) is 31.4 Å². The van der Waals surface area contributed by atoms with Crippen molar-refractivity contribution >= 4 is 32.3 Å². The molecule has 0 radical (unpaired) electrons. The first-order chi connectivity index (χ1) is 14.0. The third-order valence-electron chi connectivity index (χ3n) is 5.13. The molecule has 1 aromatic heterocycles. The van der Waals surface area contributed by atoms with Crippen molar-refractivity contribution in [2.75, 3.05) is 18.0 Å². The molecule has 0 bridgehead atoms. The molecule has 8 nitrogen and oxygen atoms in total. The Morgan fingerprint density at radius 1 is 1.03 bits per heavy atom. The summed E-state index contributed by atoms with van der Waals surface area (Å²) >= 11 is 0. The molecule has 0 atom stereocenters. The fourth-order valence-electron chi connectivity index (χ4n) is 3.68. The molecular weight excluding hydrogens is 392 g/mol.